The van der Waals surface area contributed by atoms with Gasteiger partial charge in [0.05, 0.1) is 11.1 Å². The summed E-state index contributed by atoms with van der Waals surface area (Å²) in [7, 11) is 1.60. The van der Waals surface area contributed by atoms with Crippen molar-refractivity contribution < 1.29 is 13.9 Å². The van der Waals surface area contributed by atoms with E-state index in [-0.39, 0.29) is 22.7 Å². The zero-order valence-corrected chi connectivity index (χ0v) is 17.5. The maximum Gasteiger partial charge on any atom is 0.322 e. The third-order valence-electron chi connectivity index (χ3n) is 4.94. The molecule has 3 rings (SSSR count). The molecule has 2 amide bonds. The number of nitrogens with zero attached hydrogens (tertiary/aromatic N) is 1. The Morgan fingerprint density at radius 3 is 2.70 bits per heavy atom. The minimum absolute atomic E-state index is 0.0709. The number of aromatic nitrogens is 1. The molecule has 6 nitrogen and oxygen atoms in total. The van der Waals surface area contributed by atoms with Gasteiger partial charge in [0.2, 0.25) is 0 Å². The van der Waals surface area contributed by atoms with Gasteiger partial charge in [0, 0.05) is 37.5 Å². The largest absolute Gasteiger partial charge is 0.385 e. The van der Waals surface area contributed by atoms with Gasteiger partial charge >= 0.3 is 6.03 Å². The fraction of sp³-hybridized carbons (Fsp3) is 0.273. The maximum atomic E-state index is 13.4. The van der Waals surface area contributed by atoms with Gasteiger partial charge in [-0.15, -0.1) is 0 Å². The molecular weight excluding hydrogens is 409 g/mol. The quantitative estimate of drug-likeness (QED) is 0.519. The molecular formula is C22H23ClFN3O3. The monoisotopic (exact) mass is 431 g/mol. The molecule has 0 saturated carbocycles. The number of pyridine rings is 1. The van der Waals surface area contributed by atoms with E-state index >= 15 is 0 Å². The summed E-state index contributed by atoms with van der Waals surface area (Å²) in [6.07, 6.45) is 2.26. The van der Waals surface area contributed by atoms with Crippen LogP contribution in [0.25, 0.3) is 10.8 Å². The minimum atomic E-state index is -0.556. The van der Waals surface area contributed by atoms with E-state index in [2.05, 4.69) is 10.3 Å². The first-order valence-electron chi connectivity index (χ1n) is 9.54. The van der Waals surface area contributed by atoms with Crippen LogP contribution >= 0.6 is 11.6 Å². The number of methoxy groups -OCH3 is 1. The number of amides is 2. The average Bonchev–Trinajstić information content (AvgIpc) is 2.74. The predicted molar refractivity (Wildman–Crippen MR) is 117 cm³/mol. The molecule has 2 N–H and O–H groups in total. The lowest BCUT2D eigenvalue weighted by Gasteiger charge is -2.30. The molecule has 3 aromatic rings. The first-order chi connectivity index (χ1) is 14.4. The Morgan fingerprint density at radius 2 is 2.00 bits per heavy atom. The highest BCUT2D eigenvalue weighted by molar-refractivity contribution is 6.31. The lowest BCUT2D eigenvalue weighted by Crippen LogP contribution is -2.38. The Bertz CT molecular complexity index is 1100. The number of anilines is 1. The number of hydrogen-bond acceptors (Lipinski definition) is 3. The van der Waals surface area contributed by atoms with Crippen molar-refractivity contribution in [3.05, 3.63) is 75.4 Å². The molecule has 0 aliphatic carbocycles. The number of halogens is 2. The van der Waals surface area contributed by atoms with Gasteiger partial charge in [-0.3, -0.25) is 4.79 Å². The van der Waals surface area contributed by atoms with Gasteiger partial charge < -0.3 is 19.9 Å². The van der Waals surface area contributed by atoms with E-state index in [4.69, 9.17) is 16.3 Å². The number of aromatic amines is 1. The molecule has 1 unspecified atom stereocenters. The molecule has 0 bridgehead atoms. The van der Waals surface area contributed by atoms with E-state index in [9.17, 15) is 14.0 Å². The number of ether oxygens (including phenoxy) is 1. The number of hydrogen-bond donors (Lipinski definition) is 2. The highest BCUT2D eigenvalue weighted by atomic mass is 35.5. The van der Waals surface area contributed by atoms with E-state index in [0.717, 1.165) is 10.9 Å². The summed E-state index contributed by atoms with van der Waals surface area (Å²) in [6.45, 7) is 2.80. The molecule has 0 spiro atoms. The normalized spacial score (nSPS) is 12.0. The number of rotatable bonds is 7. The molecule has 2 aromatic carbocycles. The Morgan fingerprint density at radius 1 is 1.27 bits per heavy atom. The second-order valence-corrected chi connectivity index (χ2v) is 7.30. The van der Waals surface area contributed by atoms with Gasteiger partial charge in [0.15, 0.2) is 0 Å². The van der Waals surface area contributed by atoms with Gasteiger partial charge in [0.25, 0.3) is 5.56 Å². The second-order valence-electron chi connectivity index (χ2n) is 6.89. The van der Waals surface area contributed by atoms with E-state index in [0.29, 0.717) is 30.6 Å². The smallest absolute Gasteiger partial charge is 0.322 e. The third-order valence-corrected chi connectivity index (χ3v) is 5.23. The van der Waals surface area contributed by atoms with Crippen LogP contribution in [0.4, 0.5) is 14.9 Å². The second kappa shape index (κ2) is 9.73. The third kappa shape index (κ3) is 4.80. The van der Waals surface area contributed by atoms with Crippen molar-refractivity contribution in [3.8, 4) is 0 Å². The van der Waals surface area contributed by atoms with Crippen molar-refractivity contribution in [2.24, 2.45) is 0 Å². The van der Waals surface area contributed by atoms with Crippen LogP contribution in [0, 0.1) is 5.82 Å². The number of fused-ring (bicyclic) bond motifs is 1. The van der Waals surface area contributed by atoms with Crippen LogP contribution in [0.3, 0.4) is 0 Å². The summed E-state index contributed by atoms with van der Waals surface area (Å²) in [5.74, 6) is -0.556. The number of carbonyl (C=O) groups excluding carboxylic acids is 1. The van der Waals surface area contributed by atoms with Crippen LogP contribution in [0.1, 0.15) is 24.9 Å². The fourth-order valence-electron chi connectivity index (χ4n) is 3.36. The van der Waals surface area contributed by atoms with Crippen LogP contribution in [-0.2, 0) is 4.74 Å². The van der Waals surface area contributed by atoms with Gasteiger partial charge in [-0.1, -0.05) is 29.8 Å². The highest BCUT2D eigenvalue weighted by Crippen LogP contribution is 2.27. The molecule has 158 valence electrons. The van der Waals surface area contributed by atoms with E-state index in [1.165, 1.54) is 18.2 Å². The summed E-state index contributed by atoms with van der Waals surface area (Å²) >= 11 is 5.83. The topological polar surface area (TPSA) is 74.4 Å². The van der Waals surface area contributed by atoms with Crippen LogP contribution in [-0.4, -0.2) is 36.2 Å². The molecule has 1 aromatic heterocycles. The van der Waals surface area contributed by atoms with Gasteiger partial charge in [-0.05, 0) is 48.6 Å². The van der Waals surface area contributed by atoms with Crippen molar-refractivity contribution in [2.45, 2.75) is 19.4 Å². The number of benzene rings is 2. The number of carbonyl (C=O) groups is 1. The number of nitrogens with one attached hydrogen (secondary N) is 2. The first kappa shape index (κ1) is 21.8. The van der Waals surface area contributed by atoms with Gasteiger partial charge in [-0.25, -0.2) is 9.18 Å². The molecule has 0 fully saturated rings. The van der Waals surface area contributed by atoms with Crippen molar-refractivity contribution in [3.63, 3.8) is 0 Å². The molecule has 1 heterocycles. The van der Waals surface area contributed by atoms with Crippen molar-refractivity contribution >= 4 is 34.1 Å². The SMILES string of the molecule is COCCCN(C(=O)Nc1ccc(F)c(Cl)c1)C(C)c1c[nH]c(=O)c2ccccc12. The average molecular weight is 432 g/mol. The zero-order chi connectivity index (χ0) is 21.7. The summed E-state index contributed by atoms with van der Waals surface area (Å²) in [4.78, 5) is 29.6. The molecule has 0 saturated heterocycles. The molecule has 1 atom stereocenters. The molecule has 8 heteroatoms. The molecule has 30 heavy (non-hydrogen) atoms. The lowest BCUT2D eigenvalue weighted by molar-refractivity contribution is 0.161. The highest BCUT2D eigenvalue weighted by Gasteiger charge is 2.23. The van der Waals surface area contributed by atoms with Crippen molar-refractivity contribution in [1.29, 1.82) is 0 Å². The standard InChI is InChI=1S/C22H23ClFN3O3/c1-14(18-13-25-21(28)17-7-4-3-6-16(17)18)27(10-5-11-30-2)22(29)26-15-8-9-20(24)19(23)12-15/h3-4,6-9,12-14H,5,10-11H2,1-2H3,(H,25,28)(H,26,29). The molecule has 0 aliphatic rings. The molecule has 0 radical (unpaired) electrons. The number of H-pyrrole nitrogens is 1. The van der Waals surface area contributed by atoms with Gasteiger partial charge in [0.1, 0.15) is 5.82 Å². The summed E-state index contributed by atoms with van der Waals surface area (Å²) < 4.78 is 18.6. The van der Waals surface area contributed by atoms with E-state index in [1.807, 2.05) is 19.1 Å². The first-order valence-corrected chi connectivity index (χ1v) is 9.92. The Balaban J connectivity index is 1.92. The summed E-state index contributed by atoms with van der Waals surface area (Å²) in [6, 6.07) is 10.6. The summed E-state index contributed by atoms with van der Waals surface area (Å²) in [5.41, 5.74) is 1.02. The maximum absolute atomic E-state index is 13.4. The van der Waals surface area contributed by atoms with E-state index < -0.39 is 5.82 Å². The Hall–Kier alpha value is -2.90. The van der Waals surface area contributed by atoms with Crippen molar-refractivity contribution in [2.75, 3.05) is 25.6 Å². The minimum Gasteiger partial charge on any atom is -0.385 e. The van der Waals surface area contributed by atoms with E-state index in [1.54, 1.807) is 30.3 Å². The fourth-order valence-corrected chi connectivity index (χ4v) is 3.55. The predicted octanol–water partition coefficient (Wildman–Crippen LogP) is 4.95. The van der Waals surface area contributed by atoms with Gasteiger partial charge in [-0.2, -0.15) is 0 Å². The van der Waals surface area contributed by atoms with Crippen LogP contribution in [0.15, 0.2) is 53.5 Å². The zero-order valence-electron chi connectivity index (χ0n) is 16.7. The van der Waals surface area contributed by atoms with Crippen LogP contribution in [0.2, 0.25) is 5.02 Å². The Kier molecular flexibility index (Phi) is 7.07. The Labute approximate surface area is 178 Å². The lowest BCUT2D eigenvalue weighted by atomic mass is 10.0. The van der Waals surface area contributed by atoms with Crippen molar-refractivity contribution in [1.82, 2.24) is 9.88 Å². The van der Waals surface area contributed by atoms with Crippen LogP contribution < -0.4 is 10.9 Å². The van der Waals surface area contributed by atoms with Crippen LogP contribution in [0.5, 0.6) is 0 Å². The number of urea groups is 1. The summed E-state index contributed by atoms with van der Waals surface area (Å²) in [5, 5.41) is 4.04. The molecule has 0 aliphatic heterocycles.